The number of Topliss-reactive ketones (excluding diaryl/α,β-unsaturated/α-hetero) is 1. The molecule has 2 rings (SSSR count). The number of benzene rings is 1. The van der Waals surface area contributed by atoms with Crippen molar-refractivity contribution < 1.29 is 9.53 Å². The van der Waals surface area contributed by atoms with Gasteiger partial charge in [0.2, 0.25) is 0 Å². The maximum Gasteiger partial charge on any atom is 0.165 e. The Morgan fingerprint density at radius 3 is 2.57 bits per heavy atom. The van der Waals surface area contributed by atoms with Gasteiger partial charge in [0.15, 0.2) is 5.78 Å². The zero-order valence-corrected chi connectivity index (χ0v) is 13.8. The van der Waals surface area contributed by atoms with E-state index in [4.69, 9.17) is 16.3 Å². The second kappa shape index (κ2) is 7.84. The Kier molecular flexibility index (Phi) is 6.10. The molecule has 116 valence electrons. The molecule has 0 aromatic heterocycles. The van der Waals surface area contributed by atoms with Crippen LogP contribution in [0.15, 0.2) is 18.2 Å². The van der Waals surface area contributed by atoms with E-state index in [9.17, 15) is 4.79 Å². The van der Waals surface area contributed by atoms with E-state index < -0.39 is 0 Å². The molecule has 0 amide bonds. The standard InChI is InChI=1S/C18H25ClO2/c1-3-4-5-13-6-8-14(9-7-13)18(20)15-10-11-17(21-2)16(19)12-15/h10-14H,3-9H2,1-2H3. The summed E-state index contributed by atoms with van der Waals surface area (Å²) in [6.07, 6.45) is 8.35. The molecule has 1 saturated carbocycles. The van der Waals surface area contributed by atoms with Crippen molar-refractivity contribution in [2.75, 3.05) is 7.11 Å². The molecule has 2 nitrogen and oxygen atoms in total. The number of ether oxygens (including phenoxy) is 1. The van der Waals surface area contributed by atoms with Crippen LogP contribution in [0.2, 0.25) is 5.02 Å². The van der Waals surface area contributed by atoms with Gasteiger partial charge in [-0.2, -0.15) is 0 Å². The average molecular weight is 309 g/mol. The Bertz CT molecular complexity index is 476. The molecule has 1 aliphatic carbocycles. The highest BCUT2D eigenvalue weighted by atomic mass is 35.5. The summed E-state index contributed by atoms with van der Waals surface area (Å²) < 4.78 is 5.13. The van der Waals surface area contributed by atoms with Gasteiger partial charge < -0.3 is 4.74 Å². The largest absolute Gasteiger partial charge is 0.495 e. The highest BCUT2D eigenvalue weighted by molar-refractivity contribution is 6.32. The van der Waals surface area contributed by atoms with Crippen molar-refractivity contribution in [3.8, 4) is 5.75 Å². The molecule has 1 aromatic carbocycles. The van der Waals surface area contributed by atoms with Crippen LogP contribution in [-0.4, -0.2) is 12.9 Å². The molecule has 0 unspecified atom stereocenters. The molecule has 1 aliphatic rings. The number of hydrogen-bond acceptors (Lipinski definition) is 2. The number of methoxy groups -OCH3 is 1. The van der Waals surface area contributed by atoms with Gasteiger partial charge >= 0.3 is 0 Å². The van der Waals surface area contributed by atoms with Crippen molar-refractivity contribution in [2.24, 2.45) is 11.8 Å². The van der Waals surface area contributed by atoms with Crippen LogP contribution in [0.1, 0.15) is 62.2 Å². The van der Waals surface area contributed by atoms with E-state index in [0.717, 1.165) is 24.3 Å². The van der Waals surface area contributed by atoms with Crippen LogP contribution in [-0.2, 0) is 0 Å². The lowest BCUT2D eigenvalue weighted by Gasteiger charge is -2.27. The van der Waals surface area contributed by atoms with E-state index in [1.54, 1.807) is 19.2 Å². The second-order valence-corrected chi connectivity index (χ2v) is 6.48. The molecule has 0 N–H and O–H groups in total. The zero-order chi connectivity index (χ0) is 15.2. The zero-order valence-electron chi connectivity index (χ0n) is 13.0. The Balaban J connectivity index is 1.94. The maximum atomic E-state index is 12.6. The van der Waals surface area contributed by atoms with E-state index in [2.05, 4.69) is 6.92 Å². The average Bonchev–Trinajstić information content (AvgIpc) is 2.52. The molecule has 0 saturated heterocycles. The summed E-state index contributed by atoms with van der Waals surface area (Å²) in [6.45, 7) is 2.24. The Labute approximate surface area is 132 Å². The third-order valence-corrected chi connectivity index (χ3v) is 4.92. The summed E-state index contributed by atoms with van der Waals surface area (Å²) in [6, 6.07) is 5.35. The van der Waals surface area contributed by atoms with Gasteiger partial charge in [-0.15, -0.1) is 0 Å². The topological polar surface area (TPSA) is 26.3 Å². The fraction of sp³-hybridized carbons (Fsp3) is 0.611. The minimum Gasteiger partial charge on any atom is -0.495 e. The molecule has 1 aromatic rings. The van der Waals surface area contributed by atoms with E-state index in [1.807, 2.05) is 6.07 Å². The lowest BCUT2D eigenvalue weighted by atomic mass is 9.77. The Hall–Kier alpha value is -1.02. The first kappa shape index (κ1) is 16.4. The predicted molar refractivity (Wildman–Crippen MR) is 87.3 cm³/mol. The van der Waals surface area contributed by atoms with Gasteiger partial charge in [0.25, 0.3) is 0 Å². The number of carbonyl (C=O) groups excluding carboxylic acids is 1. The number of halogens is 1. The van der Waals surface area contributed by atoms with Crippen LogP contribution in [0.25, 0.3) is 0 Å². The van der Waals surface area contributed by atoms with Crippen molar-refractivity contribution in [1.82, 2.24) is 0 Å². The lowest BCUT2D eigenvalue weighted by Crippen LogP contribution is -2.22. The van der Waals surface area contributed by atoms with E-state index in [1.165, 1.54) is 32.1 Å². The van der Waals surface area contributed by atoms with Crippen LogP contribution in [0.4, 0.5) is 0 Å². The molecule has 0 atom stereocenters. The summed E-state index contributed by atoms with van der Waals surface area (Å²) in [7, 11) is 1.58. The van der Waals surface area contributed by atoms with Gasteiger partial charge in [-0.25, -0.2) is 0 Å². The predicted octanol–water partition coefficient (Wildman–Crippen LogP) is 5.53. The molecular formula is C18H25ClO2. The van der Waals surface area contributed by atoms with E-state index in [-0.39, 0.29) is 11.7 Å². The third kappa shape index (κ3) is 4.23. The van der Waals surface area contributed by atoms with Crippen LogP contribution in [0, 0.1) is 11.8 Å². The van der Waals surface area contributed by atoms with Crippen LogP contribution < -0.4 is 4.74 Å². The van der Waals surface area contributed by atoms with Crippen LogP contribution in [0.3, 0.4) is 0 Å². The summed E-state index contributed by atoms with van der Waals surface area (Å²) in [5.41, 5.74) is 0.720. The summed E-state index contributed by atoms with van der Waals surface area (Å²) >= 11 is 6.12. The second-order valence-electron chi connectivity index (χ2n) is 6.07. The number of rotatable bonds is 6. The first-order valence-corrected chi connectivity index (χ1v) is 8.41. The van der Waals surface area contributed by atoms with E-state index >= 15 is 0 Å². The van der Waals surface area contributed by atoms with Gasteiger partial charge in [0, 0.05) is 11.5 Å². The lowest BCUT2D eigenvalue weighted by molar-refractivity contribution is 0.0869. The van der Waals surface area contributed by atoms with Crippen molar-refractivity contribution in [3.63, 3.8) is 0 Å². The monoisotopic (exact) mass is 308 g/mol. The quantitative estimate of drug-likeness (QED) is 0.646. The smallest absolute Gasteiger partial charge is 0.165 e. The molecule has 0 radical (unpaired) electrons. The first-order valence-electron chi connectivity index (χ1n) is 8.03. The van der Waals surface area contributed by atoms with Gasteiger partial charge in [-0.1, -0.05) is 37.8 Å². The SMILES string of the molecule is CCCCC1CCC(C(=O)c2ccc(OC)c(Cl)c2)CC1. The molecule has 1 fully saturated rings. The number of unbranched alkanes of at least 4 members (excludes halogenated alkanes) is 1. The van der Waals surface area contributed by atoms with E-state index in [0.29, 0.717) is 10.8 Å². The summed E-state index contributed by atoms with van der Waals surface area (Å²) in [4.78, 5) is 12.6. The molecule has 3 heteroatoms. The molecule has 21 heavy (non-hydrogen) atoms. The fourth-order valence-corrected chi connectivity index (χ4v) is 3.52. The molecule has 0 bridgehead atoms. The normalized spacial score (nSPS) is 22.0. The Morgan fingerprint density at radius 1 is 1.29 bits per heavy atom. The van der Waals surface area contributed by atoms with Gasteiger partial charge in [-0.3, -0.25) is 4.79 Å². The van der Waals surface area contributed by atoms with Crippen LogP contribution >= 0.6 is 11.6 Å². The Morgan fingerprint density at radius 2 is 2.00 bits per heavy atom. The highest BCUT2D eigenvalue weighted by Crippen LogP contribution is 2.34. The van der Waals surface area contributed by atoms with Crippen molar-refractivity contribution in [3.05, 3.63) is 28.8 Å². The van der Waals surface area contributed by atoms with Gasteiger partial charge in [-0.05, 0) is 49.8 Å². The minimum absolute atomic E-state index is 0.173. The summed E-state index contributed by atoms with van der Waals surface area (Å²) in [5, 5.41) is 0.514. The molecule has 0 spiro atoms. The number of ketones is 1. The highest BCUT2D eigenvalue weighted by Gasteiger charge is 2.27. The van der Waals surface area contributed by atoms with Gasteiger partial charge in [0.1, 0.15) is 5.75 Å². The van der Waals surface area contributed by atoms with Gasteiger partial charge in [0.05, 0.1) is 12.1 Å². The fourth-order valence-electron chi connectivity index (χ4n) is 3.26. The first-order chi connectivity index (χ1) is 10.2. The number of hydrogen-bond donors (Lipinski definition) is 0. The molecular weight excluding hydrogens is 284 g/mol. The summed E-state index contributed by atoms with van der Waals surface area (Å²) in [5.74, 6) is 1.87. The van der Waals surface area contributed by atoms with Crippen molar-refractivity contribution in [2.45, 2.75) is 51.9 Å². The number of carbonyl (C=O) groups is 1. The maximum absolute atomic E-state index is 12.6. The van der Waals surface area contributed by atoms with Crippen molar-refractivity contribution >= 4 is 17.4 Å². The van der Waals surface area contributed by atoms with Crippen LogP contribution in [0.5, 0.6) is 5.75 Å². The minimum atomic E-state index is 0.173. The molecule has 0 aliphatic heterocycles. The third-order valence-electron chi connectivity index (χ3n) is 4.62. The van der Waals surface area contributed by atoms with Crippen molar-refractivity contribution in [1.29, 1.82) is 0 Å². The molecule has 0 heterocycles.